The fraction of sp³-hybridized carbons (Fsp3) is 0.462. The quantitative estimate of drug-likeness (QED) is 0.623. The van der Waals surface area contributed by atoms with Gasteiger partial charge in [0.25, 0.3) is 5.56 Å². The van der Waals surface area contributed by atoms with Gasteiger partial charge < -0.3 is 14.6 Å². The smallest absolute Gasteiger partial charge is 0.343 e. The maximum absolute atomic E-state index is 12.0. The number of nitrogens with one attached hydrogen (secondary N) is 1. The van der Waals surface area contributed by atoms with E-state index in [0.717, 1.165) is 0 Å². The van der Waals surface area contributed by atoms with Crippen LogP contribution < -0.4 is 5.56 Å². The van der Waals surface area contributed by atoms with Crippen molar-refractivity contribution in [3.63, 3.8) is 0 Å². The van der Waals surface area contributed by atoms with Crippen molar-refractivity contribution < 1.29 is 14.3 Å². The molecule has 1 aromatic rings. The van der Waals surface area contributed by atoms with E-state index in [1.807, 2.05) is 19.0 Å². The van der Waals surface area contributed by atoms with Crippen molar-refractivity contribution in [1.29, 1.82) is 0 Å². The van der Waals surface area contributed by atoms with E-state index in [1.54, 1.807) is 6.92 Å². The number of carbonyl (C=O) groups is 2. The van der Waals surface area contributed by atoms with Gasteiger partial charge in [0.1, 0.15) is 5.56 Å². The lowest BCUT2D eigenvalue weighted by molar-refractivity contribution is 0.0598. The van der Waals surface area contributed by atoms with Gasteiger partial charge in [0.2, 0.25) is 0 Å². The molecule has 1 aromatic heterocycles. The number of aromatic nitrogens is 1. The molecule has 0 aliphatic rings. The van der Waals surface area contributed by atoms with Gasteiger partial charge in [-0.05, 0) is 27.1 Å². The number of aryl methyl sites for hydroxylation is 1. The molecule has 0 aliphatic carbocycles. The number of esters is 1. The summed E-state index contributed by atoms with van der Waals surface area (Å²) in [5, 5.41) is 0. The second-order valence-corrected chi connectivity index (χ2v) is 4.52. The van der Waals surface area contributed by atoms with E-state index in [0.29, 0.717) is 24.2 Å². The second-order valence-electron chi connectivity index (χ2n) is 4.52. The van der Waals surface area contributed by atoms with Crippen molar-refractivity contribution in [3.8, 4) is 0 Å². The Balaban J connectivity index is 3.11. The van der Waals surface area contributed by atoms with Crippen LogP contribution in [0.25, 0.3) is 0 Å². The summed E-state index contributed by atoms with van der Waals surface area (Å²) in [7, 11) is 4.93. The molecule has 1 heterocycles. The molecule has 0 unspecified atom stereocenters. The molecule has 0 aliphatic heterocycles. The third-order valence-corrected chi connectivity index (χ3v) is 2.73. The molecule has 0 aromatic carbocycles. The molecule has 0 saturated carbocycles. The summed E-state index contributed by atoms with van der Waals surface area (Å²) >= 11 is 0. The zero-order valence-corrected chi connectivity index (χ0v) is 11.6. The molecule has 0 radical (unpaired) electrons. The van der Waals surface area contributed by atoms with Gasteiger partial charge >= 0.3 is 5.97 Å². The summed E-state index contributed by atoms with van der Waals surface area (Å²) in [6.07, 6.45) is 0.320. The SMILES string of the molecule is COC(=O)c1cc(C(=O)CCN(C)C)c(C)[nH]c1=O. The Bertz CT molecular complexity index is 546. The van der Waals surface area contributed by atoms with Gasteiger partial charge in [0, 0.05) is 24.2 Å². The predicted octanol–water partition coefficient (Wildman–Crippen LogP) is 0.604. The Morgan fingerprint density at radius 2 is 1.95 bits per heavy atom. The number of rotatable bonds is 5. The highest BCUT2D eigenvalue weighted by molar-refractivity contribution is 5.99. The first-order valence-electron chi connectivity index (χ1n) is 5.87. The molecule has 0 saturated heterocycles. The number of hydrogen-bond acceptors (Lipinski definition) is 5. The van der Waals surface area contributed by atoms with Crippen LogP contribution in [0.4, 0.5) is 0 Å². The van der Waals surface area contributed by atoms with E-state index in [2.05, 4.69) is 9.72 Å². The van der Waals surface area contributed by atoms with Gasteiger partial charge in [-0.15, -0.1) is 0 Å². The third-order valence-electron chi connectivity index (χ3n) is 2.73. The molecule has 19 heavy (non-hydrogen) atoms. The zero-order chi connectivity index (χ0) is 14.6. The minimum absolute atomic E-state index is 0.118. The van der Waals surface area contributed by atoms with Crippen molar-refractivity contribution in [3.05, 3.63) is 33.2 Å². The van der Waals surface area contributed by atoms with Gasteiger partial charge in [-0.3, -0.25) is 9.59 Å². The van der Waals surface area contributed by atoms with E-state index >= 15 is 0 Å². The first-order valence-corrected chi connectivity index (χ1v) is 5.87. The summed E-state index contributed by atoms with van der Waals surface area (Å²) in [6.45, 7) is 2.23. The van der Waals surface area contributed by atoms with Crippen LogP contribution in [0.1, 0.15) is 32.8 Å². The summed E-state index contributed by atoms with van der Waals surface area (Å²) < 4.78 is 4.51. The number of nitrogens with zero attached hydrogens (tertiary/aromatic N) is 1. The highest BCUT2D eigenvalue weighted by atomic mass is 16.5. The van der Waals surface area contributed by atoms with Crippen LogP contribution in [0, 0.1) is 6.92 Å². The summed E-state index contributed by atoms with van der Waals surface area (Å²) in [5.41, 5.74) is 0.109. The Morgan fingerprint density at radius 3 is 2.47 bits per heavy atom. The number of hydrogen-bond donors (Lipinski definition) is 1. The first-order chi connectivity index (χ1) is 8.86. The molecule has 6 nitrogen and oxygen atoms in total. The van der Waals surface area contributed by atoms with E-state index in [-0.39, 0.29) is 11.3 Å². The molecule has 0 amide bonds. The number of ether oxygens (including phenoxy) is 1. The van der Waals surface area contributed by atoms with Crippen molar-refractivity contribution in [2.75, 3.05) is 27.7 Å². The van der Waals surface area contributed by atoms with Crippen LogP contribution in [0.2, 0.25) is 0 Å². The first kappa shape index (κ1) is 15.1. The van der Waals surface area contributed by atoms with Crippen LogP contribution in [0.3, 0.4) is 0 Å². The number of carbonyl (C=O) groups excluding carboxylic acids is 2. The fourth-order valence-electron chi connectivity index (χ4n) is 1.63. The molecule has 1 rings (SSSR count). The van der Waals surface area contributed by atoms with Crippen LogP contribution in [-0.4, -0.2) is 49.4 Å². The average Bonchev–Trinajstić information content (AvgIpc) is 2.35. The number of aromatic amines is 1. The van der Waals surface area contributed by atoms with Gasteiger partial charge in [-0.25, -0.2) is 4.79 Å². The molecular weight excluding hydrogens is 248 g/mol. The minimum Gasteiger partial charge on any atom is -0.465 e. The molecule has 0 fully saturated rings. The Kier molecular flexibility index (Phi) is 5.00. The highest BCUT2D eigenvalue weighted by Crippen LogP contribution is 2.09. The molecule has 6 heteroatoms. The maximum Gasteiger partial charge on any atom is 0.343 e. The zero-order valence-electron chi connectivity index (χ0n) is 11.6. The highest BCUT2D eigenvalue weighted by Gasteiger charge is 2.17. The number of ketones is 1. The number of methoxy groups -OCH3 is 1. The van der Waals surface area contributed by atoms with E-state index in [1.165, 1.54) is 13.2 Å². The van der Waals surface area contributed by atoms with Gasteiger partial charge in [0.05, 0.1) is 7.11 Å². The van der Waals surface area contributed by atoms with E-state index in [9.17, 15) is 14.4 Å². The Morgan fingerprint density at radius 1 is 1.32 bits per heavy atom. The Labute approximate surface area is 111 Å². The predicted molar refractivity (Wildman–Crippen MR) is 70.6 cm³/mol. The monoisotopic (exact) mass is 266 g/mol. The molecule has 104 valence electrons. The van der Waals surface area contributed by atoms with Crippen molar-refractivity contribution in [1.82, 2.24) is 9.88 Å². The van der Waals surface area contributed by atoms with Gasteiger partial charge in [0.15, 0.2) is 5.78 Å². The van der Waals surface area contributed by atoms with Crippen LogP contribution >= 0.6 is 0 Å². The lowest BCUT2D eigenvalue weighted by Crippen LogP contribution is -2.23. The lowest BCUT2D eigenvalue weighted by atomic mass is 10.0. The second kappa shape index (κ2) is 6.29. The fourth-order valence-corrected chi connectivity index (χ4v) is 1.63. The normalized spacial score (nSPS) is 10.6. The number of H-pyrrole nitrogens is 1. The van der Waals surface area contributed by atoms with Crippen molar-refractivity contribution >= 4 is 11.8 Å². The van der Waals surface area contributed by atoms with Crippen LogP contribution in [0.5, 0.6) is 0 Å². The minimum atomic E-state index is -0.747. The average molecular weight is 266 g/mol. The summed E-state index contributed by atoms with van der Waals surface area (Å²) in [5.74, 6) is -0.865. The maximum atomic E-state index is 12.0. The molecule has 1 N–H and O–H groups in total. The van der Waals surface area contributed by atoms with E-state index in [4.69, 9.17) is 0 Å². The standard InChI is InChI=1S/C13H18N2O4/c1-8-9(11(16)5-6-15(2)3)7-10(12(17)14-8)13(18)19-4/h7H,5-6H2,1-4H3,(H,14,17). The summed E-state index contributed by atoms with van der Waals surface area (Å²) in [6, 6.07) is 1.30. The Hall–Kier alpha value is -1.95. The molecule has 0 spiro atoms. The number of pyridine rings is 1. The van der Waals surface area contributed by atoms with E-state index < -0.39 is 11.5 Å². The molecule has 0 bridgehead atoms. The van der Waals surface area contributed by atoms with Crippen LogP contribution in [-0.2, 0) is 4.74 Å². The summed E-state index contributed by atoms with van der Waals surface area (Å²) in [4.78, 5) is 39.5. The molecular formula is C13H18N2O4. The van der Waals surface area contributed by atoms with Crippen molar-refractivity contribution in [2.45, 2.75) is 13.3 Å². The number of Topliss-reactive ketones (excluding diaryl/α,β-unsaturated/α-hetero) is 1. The lowest BCUT2D eigenvalue weighted by Gasteiger charge is -2.10. The third kappa shape index (κ3) is 3.75. The van der Waals surface area contributed by atoms with Gasteiger partial charge in [-0.1, -0.05) is 0 Å². The topological polar surface area (TPSA) is 79.5 Å². The van der Waals surface area contributed by atoms with Crippen molar-refractivity contribution in [2.24, 2.45) is 0 Å². The van der Waals surface area contributed by atoms with Gasteiger partial charge in [-0.2, -0.15) is 0 Å². The largest absolute Gasteiger partial charge is 0.465 e. The molecule has 0 atom stereocenters. The van der Waals surface area contributed by atoms with Crippen LogP contribution in [0.15, 0.2) is 10.9 Å².